The van der Waals surface area contributed by atoms with Crippen molar-refractivity contribution in [3.8, 4) is 0 Å². The molecule has 0 aliphatic rings. The van der Waals surface area contributed by atoms with Crippen molar-refractivity contribution in [2.24, 2.45) is 0 Å². The van der Waals surface area contributed by atoms with E-state index in [9.17, 15) is 21.6 Å². The second-order valence-corrected chi connectivity index (χ2v) is 13.7. The number of aryl methyl sites for hydroxylation is 1. The summed E-state index contributed by atoms with van der Waals surface area (Å²) in [7, 11) is -7.53. The highest BCUT2D eigenvalue weighted by Gasteiger charge is 2.26. The van der Waals surface area contributed by atoms with Crippen LogP contribution in [0.15, 0.2) is 107 Å². The van der Waals surface area contributed by atoms with Crippen LogP contribution in [0.25, 0.3) is 10.8 Å². The van der Waals surface area contributed by atoms with Gasteiger partial charge in [-0.25, -0.2) is 21.6 Å². The lowest BCUT2D eigenvalue weighted by atomic mass is 10.1. The minimum atomic E-state index is -3.90. The number of amides is 1. The topological polar surface area (TPSA) is 121 Å². The van der Waals surface area contributed by atoms with Crippen molar-refractivity contribution in [2.45, 2.75) is 54.9 Å². The second-order valence-electron chi connectivity index (χ2n) is 10.3. The summed E-state index contributed by atoms with van der Waals surface area (Å²) < 4.78 is 57.0. The number of rotatable bonds is 15. The predicted octanol–water partition coefficient (Wildman–Crippen LogP) is 4.69. The first-order valence-electron chi connectivity index (χ1n) is 14.0. The molecule has 0 radical (unpaired) electrons. The van der Waals surface area contributed by atoms with Gasteiger partial charge in [-0.05, 0) is 55.3 Å². The SMILES string of the molecule is Cc1ccc(S(=O)(=O)NC(Cc2ccccc2)C(=O)NCCCCCCNS(=O)(=O)c2cccc3ccccc23)cc1. The number of hydrogen-bond donors (Lipinski definition) is 3. The third-order valence-corrected chi connectivity index (χ3v) is 9.97. The summed E-state index contributed by atoms with van der Waals surface area (Å²) >= 11 is 0. The Morgan fingerprint density at radius 3 is 2.07 bits per heavy atom. The van der Waals surface area contributed by atoms with Crippen LogP contribution in [0.2, 0.25) is 0 Å². The highest BCUT2D eigenvalue weighted by Crippen LogP contribution is 2.22. The molecule has 222 valence electrons. The zero-order valence-electron chi connectivity index (χ0n) is 23.6. The molecule has 1 amide bonds. The van der Waals surface area contributed by atoms with Crippen molar-refractivity contribution < 1.29 is 21.6 Å². The summed E-state index contributed by atoms with van der Waals surface area (Å²) in [6.45, 7) is 2.58. The van der Waals surface area contributed by atoms with E-state index in [0.29, 0.717) is 31.3 Å². The van der Waals surface area contributed by atoms with Gasteiger partial charge in [0.05, 0.1) is 9.79 Å². The lowest BCUT2D eigenvalue weighted by molar-refractivity contribution is -0.122. The fourth-order valence-corrected chi connectivity index (χ4v) is 7.16. The van der Waals surface area contributed by atoms with Crippen LogP contribution < -0.4 is 14.8 Å². The quantitative estimate of drug-likeness (QED) is 0.169. The summed E-state index contributed by atoms with van der Waals surface area (Å²) in [5.41, 5.74) is 1.78. The van der Waals surface area contributed by atoms with Crippen molar-refractivity contribution in [3.05, 3.63) is 108 Å². The van der Waals surface area contributed by atoms with Crippen LogP contribution in [0.3, 0.4) is 0 Å². The average Bonchev–Trinajstić information content (AvgIpc) is 2.98. The van der Waals surface area contributed by atoms with Gasteiger partial charge in [0.1, 0.15) is 6.04 Å². The van der Waals surface area contributed by atoms with Gasteiger partial charge in [-0.2, -0.15) is 4.72 Å². The normalized spacial score (nSPS) is 12.7. The third-order valence-electron chi connectivity index (χ3n) is 6.96. The summed E-state index contributed by atoms with van der Waals surface area (Å²) in [5, 5.41) is 4.42. The van der Waals surface area contributed by atoms with E-state index in [-0.39, 0.29) is 16.2 Å². The smallest absolute Gasteiger partial charge is 0.241 e. The van der Waals surface area contributed by atoms with Crippen molar-refractivity contribution >= 4 is 36.7 Å². The number of carbonyl (C=O) groups excluding carboxylic acids is 1. The minimum Gasteiger partial charge on any atom is -0.355 e. The van der Waals surface area contributed by atoms with Crippen molar-refractivity contribution in [2.75, 3.05) is 13.1 Å². The fourth-order valence-electron chi connectivity index (χ4n) is 4.66. The van der Waals surface area contributed by atoms with Gasteiger partial charge in [0.25, 0.3) is 0 Å². The molecule has 1 unspecified atom stereocenters. The number of sulfonamides is 2. The van der Waals surface area contributed by atoms with Gasteiger partial charge < -0.3 is 5.32 Å². The van der Waals surface area contributed by atoms with E-state index in [2.05, 4.69) is 14.8 Å². The lowest BCUT2D eigenvalue weighted by Crippen LogP contribution is -2.48. The number of benzene rings is 4. The number of fused-ring (bicyclic) bond motifs is 1. The molecule has 0 bridgehead atoms. The van der Waals surface area contributed by atoms with Gasteiger partial charge in [-0.1, -0.05) is 97.3 Å². The molecule has 4 aromatic carbocycles. The van der Waals surface area contributed by atoms with E-state index in [1.54, 1.807) is 30.3 Å². The first-order chi connectivity index (χ1) is 20.2. The van der Waals surface area contributed by atoms with Gasteiger partial charge in [0.2, 0.25) is 26.0 Å². The van der Waals surface area contributed by atoms with Crippen LogP contribution in [0.5, 0.6) is 0 Å². The van der Waals surface area contributed by atoms with Crippen molar-refractivity contribution in [1.29, 1.82) is 0 Å². The van der Waals surface area contributed by atoms with Gasteiger partial charge in [0, 0.05) is 18.5 Å². The molecule has 0 saturated heterocycles. The van der Waals surface area contributed by atoms with Crippen LogP contribution in [0, 0.1) is 6.92 Å². The van der Waals surface area contributed by atoms with E-state index in [1.807, 2.05) is 61.5 Å². The first-order valence-corrected chi connectivity index (χ1v) is 17.0. The van der Waals surface area contributed by atoms with E-state index in [4.69, 9.17) is 0 Å². The largest absolute Gasteiger partial charge is 0.355 e. The number of unbranched alkanes of at least 4 members (excludes halogenated alkanes) is 3. The summed E-state index contributed by atoms with van der Waals surface area (Å²) in [6, 6.07) is 27.4. The Balaban J connectivity index is 1.24. The Morgan fingerprint density at radius 1 is 0.690 bits per heavy atom. The Labute approximate surface area is 248 Å². The zero-order valence-corrected chi connectivity index (χ0v) is 25.3. The molecule has 4 rings (SSSR count). The number of hydrogen-bond acceptors (Lipinski definition) is 5. The molecule has 3 N–H and O–H groups in total. The minimum absolute atomic E-state index is 0.107. The van der Waals surface area contributed by atoms with Crippen molar-refractivity contribution in [3.63, 3.8) is 0 Å². The van der Waals surface area contributed by atoms with E-state index in [0.717, 1.165) is 29.4 Å². The average molecular weight is 608 g/mol. The molecule has 10 heteroatoms. The van der Waals surface area contributed by atoms with Gasteiger partial charge in [-0.15, -0.1) is 0 Å². The first kappa shape index (κ1) is 31.4. The maximum atomic E-state index is 13.1. The van der Waals surface area contributed by atoms with Crippen LogP contribution in [0.1, 0.15) is 36.8 Å². The molecule has 8 nitrogen and oxygen atoms in total. The molecule has 0 heterocycles. The molecular weight excluding hydrogens is 571 g/mol. The summed E-state index contributed by atoms with van der Waals surface area (Å²) in [4.78, 5) is 13.4. The molecule has 4 aromatic rings. The van der Waals surface area contributed by atoms with Crippen LogP contribution in [-0.2, 0) is 31.3 Å². The molecule has 1 atom stereocenters. The fraction of sp³-hybridized carbons (Fsp3) is 0.281. The molecular formula is C32H37N3O5S2. The third kappa shape index (κ3) is 8.72. The molecule has 0 fully saturated rings. The number of nitrogens with one attached hydrogen (secondary N) is 3. The summed E-state index contributed by atoms with van der Waals surface area (Å²) in [6.07, 6.45) is 3.13. The molecule has 0 aromatic heterocycles. The Hall–Kier alpha value is -3.57. The Kier molecular flexibility index (Phi) is 10.9. The predicted molar refractivity (Wildman–Crippen MR) is 166 cm³/mol. The van der Waals surface area contributed by atoms with Gasteiger partial charge in [-0.3, -0.25) is 4.79 Å². The highest BCUT2D eigenvalue weighted by atomic mass is 32.2. The lowest BCUT2D eigenvalue weighted by Gasteiger charge is -2.19. The second kappa shape index (κ2) is 14.6. The van der Waals surface area contributed by atoms with Crippen LogP contribution >= 0.6 is 0 Å². The van der Waals surface area contributed by atoms with E-state index in [1.165, 1.54) is 12.1 Å². The standard InChI is InChI=1S/C32H37N3O5S2/c1-25-18-20-28(21-19-25)41(37,38)35-30(24-26-12-5-4-6-13-26)32(36)33-22-9-2-3-10-23-34-42(39,40)31-17-11-15-27-14-7-8-16-29(27)31/h4-8,11-21,30,34-35H,2-3,9-10,22-24H2,1H3,(H,33,36). The monoisotopic (exact) mass is 607 g/mol. The van der Waals surface area contributed by atoms with Crippen LogP contribution in [0.4, 0.5) is 0 Å². The summed E-state index contributed by atoms with van der Waals surface area (Å²) in [5.74, 6) is -0.391. The molecule has 0 saturated carbocycles. The van der Waals surface area contributed by atoms with Gasteiger partial charge in [0.15, 0.2) is 0 Å². The molecule has 0 aliphatic carbocycles. The maximum absolute atomic E-state index is 13.1. The van der Waals surface area contributed by atoms with E-state index >= 15 is 0 Å². The van der Waals surface area contributed by atoms with Crippen molar-refractivity contribution in [1.82, 2.24) is 14.8 Å². The maximum Gasteiger partial charge on any atom is 0.241 e. The highest BCUT2D eigenvalue weighted by molar-refractivity contribution is 7.90. The zero-order chi connectivity index (χ0) is 30.0. The number of carbonyl (C=O) groups is 1. The Morgan fingerprint density at radius 2 is 1.33 bits per heavy atom. The van der Waals surface area contributed by atoms with E-state index < -0.39 is 32.0 Å². The Bertz CT molecular complexity index is 1690. The molecule has 0 spiro atoms. The molecule has 42 heavy (non-hydrogen) atoms. The van der Waals surface area contributed by atoms with Crippen LogP contribution in [-0.4, -0.2) is 41.9 Å². The van der Waals surface area contributed by atoms with Gasteiger partial charge >= 0.3 is 0 Å². The molecule has 0 aliphatic heterocycles.